The molecular formula is C13H13BrOS. The van der Waals surface area contributed by atoms with Gasteiger partial charge in [0, 0.05) is 9.70 Å². The Bertz CT molecular complexity index is 439. The van der Waals surface area contributed by atoms with E-state index in [1.54, 1.807) is 18.4 Å². The Balaban J connectivity index is 2.11. The normalized spacial score (nSPS) is 12.4. The molecule has 0 amide bonds. The molecule has 1 aromatic carbocycles. The van der Waals surface area contributed by atoms with Gasteiger partial charge in [-0.2, -0.15) is 0 Å². The number of hydrogen-bond acceptors (Lipinski definition) is 2. The van der Waals surface area contributed by atoms with Gasteiger partial charge in [0.1, 0.15) is 5.75 Å². The molecule has 84 valence electrons. The summed E-state index contributed by atoms with van der Waals surface area (Å²) in [5, 5.41) is 2.11. The van der Waals surface area contributed by atoms with Gasteiger partial charge in [-0.05, 0) is 35.6 Å². The first-order chi connectivity index (χ1) is 7.79. The SMILES string of the molecule is COc1cccc(C(Br)Cc2cccs2)c1. The summed E-state index contributed by atoms with van der Waals surface area (Å²) in [7, 11) is 1.70. The Morgan fingerprint density at radius 3 is 2.88 bits per heavy atom. The number of ether oxygens (including phenoxy) is 1. The van der Waals surface area contributed by atoms with E-state index in [0.29, 0.717) is 4.83 Å². The average molecular weight is 297 g/mol. The minimum absolute atomic E-state index is 0.348. The van der Waals surface area contributed by atoms with Gasteiger partial charge in [-0.15, -0.1) is 11.3 Å². The van der Waals surface area contributed by atoms with E-state index in [1.807, 2.05) is 12.1 Å². The van der Waals surface area contributed by atoms with Crippen molar-refractivity contribution in [1.82, 2.24) is 0 Å². The van der Waals surface area contributed by atoms with Gasteiger partial charge < -0.3 is 4.74 Å². The average Bonchev–Trinajstić information content (AvgIpc) is 2.82. The van der Waals surface area contributed by atoms with Crippen LogP contribution in [0.4, 0.5) is 0 Å². The summed E-state index contributed by atoms with van der Waals surface area (Å²) in [6.07, 6.45) is 1.02. The smallest absolute Gasteiger partial charge is 0.119 e. The van der Waals surface area contributed by atoms with Crippen LogP contribution in [0.2, 0.25) is 0 Å². The summed E-state index contributed by atoms with van der Waals surface area (Å²) < 4.78 is 5.22. The van der Waals surface area contributed by atoms with Crippen molar-refractivity contribution >= 4 is 27.3 Å². The molecule has 1 aromatic heterocycles. The largest absolute Gasteiger partial charge is 0.497 e. The van der Waals surface area contributed by atoms with Crippen molar-refractivity contribution in [1.29, 1.82) is 0 Å². The van der Waals surface area contributed by atoms with Crippen LogP contribution >= 0.6 is 27.3 Å². The maximum atomic E-state index is 5.22. The number of halogens is 1. The molecule has 0 radical (unpaired) electrons. The van der Waals surface area contributed by atoms with Crippen LogP contribution in [0, 0.1) is 0 Å². The molecule has 0 aliphatic carbocycles. The van der Waals surface area contributed by atoms with Crippen LogP contribution in [0.15, 0.2) is 41.8 Å². The molecular weight excluding hydrogens is 284 g/mol. The summed E-state index contributed by atoms with van der Waals surface area (Å²) in [6.45, 7) is 0. The van der Waals surface area contributed by atoms with E-state index < -0.39 is 0 Å². The topological polar surface area (TPSA) is 9.23 Å². The molecule has 0 saturated heterocycles. The van der Waals surface area contributed by atoms with Crippen molar-refractivity contribution in [2.45, 2.75) is 11.2 Å². The predicted molar refractivity (Wildman–Crippen MR) is 72.7 cm³/mol. The first-order valence-electron chi connectivity index (χ1n) is 5.10. The van der Waals surface area contributed by atoms with Gasteiger partial charge in [-0.1, -0.05) is 34.1 Å². The third-order valence-corrected chi connectivity index (χ3v) is 4.17. The molecule has 1 heterocycles. The fourth-order valence-electron chi connectivity index (χ4n) is 1.56. The second-order valence-electron chi connectivity index (χ2n) is 3.53. The Morgan fingerprint density at radius 1 is 1.31 bits per heavy atom. The number of hydrogen-bond donors (Lipinski definition) is 0. The highest BCUT2D eigenvalue weighted by molar-refractivity contribution is 9.09. The van der Waals surface area contributed by atoms with E-state index in [2.05, 4.69) is 45.6 Å². The summed E-state index contributed by atoms with van der Waals surface area (Å²) in [6, 6.07) is 12.4. The predicted octanol–water partition coefficient (Wildman–Crippen LogP) is 4.44. The maximum Gasteiger partial charge on any atom is 0.119 e. The van der Waals surface area contributed by atoms with E-state index >= 15 is 0 Å². The quantitative estimate of drug-likeness (QED) is 0.758. The van der Waals surface area contributed by atoms with Gasteiger partial charge in [0.2, 0.25) is 0 Å². The number of benzene rings is 1. The molecule has 1 atom stereocenters. The fourth-order valence-corrected chi connectivity index (χ4v) is 3.16. The lowest BCUT2D eigenvalue weighted by atomic mass is 10.1. The van der Waals surface area contributed by atoms with Crippen LogP contribution in [0.1, 0.15) is 15.3 Å². The third kappa shape index (κ3) is 2.86. The number of thiophene rings is 1. The van der Waals surface area contributed by atoms with E-state index in [-0.39, 0.29) is 0 Å². The van der Waals surface area contributed by atoms with Crippen LogP contribution in [0.25, 0.3) is 0 Å². The zero-order chi connectivity index (χ0) is 11.4. The zero-order valence-corrected chi connectivity index (χ0v) is 11.4. The molecule has 0 saturated carbocycles. The highest BCUT2D eigenvalue weighted by Gasteiger charge is 2.09. The van der Waals surface area contributed by atoms with Gasteiger partial charge in [-0.3, -0.25) is 0 Å². The van der Waals surface area contributed by atoms with Crippen molar-refractivity contribution in [3.8, 4) is 5.75 Å². The molecule has 0 bridgehead atoms. The lowest BCUT2D eigenvalue weighted by Crippen LogP contribution is -1.94. The Hall–Kier alpha value is -0.800. The van der Waals surface area contributed by atoms with Crippen molar-refractivity contribution in [3.05, 3.63) is 52.2 Å². The molecule has 0 aliphatic heterocycles. The highest BCUT2D eigenvalue weighted by Crippen LogP contribution is 2.30. The Kier molecular flexibility index (Phi) is 4.02. The second-order valence-corrected chi connectivity index (χ2v) is 5.67. The molecule has 2 rings (SSSR count). The molecule has 0 spiro atoms. The number of methoxy groups -OCH3 is 1. The van der Waals surface area contributed by atoms with Gasteiger partial charge in [0.15, 0.2) is 0 Å². The van der Waals surface area contributed by atoms with Crippen molar-refractivity contribution in [3.63, 3.8) is 0 Å². The van der Waals surface area contributed by atoms with Crippen LogP contribution in [-0.4, -0.2) is 7.11 Å². The van der Waals surface area contributed by atoms with E-state index in [1.165, 1.54) is 10.4 Å². The van der Waals surface area contributed by atoms with Crippen LogP contribution in [0.3, 0.4) is 0 Å². The lowest BCUT2D eigenvalue weighted by Gasteiger charge is -2.10. The molecule has 0 aliphatic rings. The van der Waals surface area contributed by atoms with E-state index in [9.17, 15) is 0 Å². The Labute approximate surface area is 108 Å². The fraction of sp³-hybridized carbons (Fsp3) is 0.231. The Morgan fingerprint density at radius 2 is 2.19 bits per heavy atom. The minimum Gasteiger partial charge on any atom is -0.497 e. The first kappa shape index (κ1) is 11.7. The van der Waals surface area contributed by atoms with Crippen LogP contribution in [0.5, 0.6) is 5.75 Å². The van der Waals surface area contributed by atoms with Gasteiger partial charge in [0.25, 0.3) is 0 Å². The van der Waals surface area contributed by atoms with Crippen molar-refractivity contribution < 1.29 is 4.74 Å². The molecule has 16 heavy (non-hydrogen) atoms. The molecule has 1 unspecified atom stereocenters. The van der Waals surface area contributed by atoms with E-state index in [0.717, 1.165) is 12.2 Å². The number of rotatable bonds is 4. The summed E-state index contributed by atoms with van der Waals surface area (Å²) in [5.41, 5.74) is 1.26. The summed E-state index contributed by atoms with van der Waals surface area (Å²) in [5.74, 6) is 0.910. The maximum absolute atomic E-state index is 5.22. The van der Waals surface area contributed by atoms with Crippen molar-refractivity contribution in [2.75, 3.05) is 7.11 Å². The van der Waals surface area contributed by atoms with E-state index in [4.69, 9.17) is 4.74 Å². The highest BCUT2D eigenvalue weighted by atomic mass is 79.9. The molecule has 2 aromatic rings. The van der Waals surface area contributed by atoms with Crippen molar-refractivity contribution in [2.24, 2.45) is 0 Å². The first-order valence-corrected chi connectivity index (χ1v) is 6.89. The summed E-state index contributed by atoms with van der Waals surface area (Å²) in [4.78, 5) is 1.74. The van der Waals surface area contributed by atoms with Gasteiger partial charge in [0.05, 0.1) is 7.11 Å². The molecule has 1 nitrogen and oxygen atoms in total. The van der Waals surface area contributed by atoms with Crippen LogP contribution in [-0.2, 0) is 6.42 Å². The molecule has 0 N–H and O–H groups in total. The minimum atomic E-state index is 0.348. The molecule has 0 fully saturated rings. The second kappa shape index (κ2) is 5.51. The number of alkyl halides is 1. The van der Waals surface area contributed by atoms with Crippen LogP contribution < -0.4 is 4.74 Å². The molecule has 3 heteroatoms. The third-order valence-electron chi connectivity index (χ3n) is 2.42. The monoisotopic (exact) mass is 296 g/mol. The van der Waals surface area contributed by atoms with Gasteiger partial charge >= 0.3 is 0 Å². The lowest BCUT2D eigenvalue weighted by molar-refractivity contribution is 0.414. The van der Waals surface area contributed by atoms with Gasteiger partial charge in [-0.25, -0.2) is 0 Å². The standard InChI is InChI=1S/C13H13BrOS/c1-15-11-5-2-4-10(8-11)13(14)9-12-6-3-7-16-12/h2-8,13H,9H2,1H3. The summed E-state index contributed by atoms with van der Waals surface area (Å²) >= 11 is 5.52. The zero-order valence-electron chi connectivity index (χ0n) is 9.02.